The molecular weight excluding hydrogens is 250 g/mol. The van der Waals surface area contributed by atoms with E-state index in [1.54, 1.807) is 0 Å². The van der Waals surface area contributed by atoms with Crippen LogP contribution in [0.5, 0.6) is 0 Å². The van der Waals surface area contributed by atoms with Crippen LogP contribution >= 0.6 is 0 Å². The van der Waals surface area contributed by atoms with Gasteiger partial charge in [0.25, 0.3) is 0 Å². The van der Waals surface area contributed by atoms with Crippen molar-refractivity contribution >= 4 is 11.7 Å². The molecule has 0 atom stereocenters. The van der Waals surface area contributed by atoms with E-state index in [1.807, 2.05) is 6.92 Å². The molecule has 1 aromatic heterocycles. The fourth-order valence-corrected chi connectivity index (χ4v) is 3.38. The number of anilines is 1. The van der Waals surface area contributed by atoms with E-state index < -0.39 is 0 Å². The Balaban J connectivity index is 1.65. The molecular formula is C16H23N3O. The lowest BCUT2D eigenvalue weighted by Crippen LogP contribution is -2.42. The van der Waals surface area contributed by atoms with Gasteiger partial charge in [0.2, 0.25) is 5.88 Å². The molecule has 0 aromatic carbocycles. The van der Waals surface area contributed by atoms with E-state index in [0.717, 1.165) is 29.7 Å². The Kier molecular flexibility index (Phi) is 2.63. The van der Waals surface area contributed by atoms with Crippen molar-refractivity contribution < 1.29 is 4.42 Å². The summed E-state index contributed by atoms with van der Waals surface area (Å²) in [6.07, 6.45) is 7.70. The highest BCUT2D eigenvalue weighted by molar-refractivity contribution is 6.04. The Bertz CT molecular complexity index is 550. The van der Waals surface area contributed by atoms with Gasteiger partial charge in [0.05, 0.1) is 5.56 Å². The van der Waals surface area contributed by atoms with Crippen molar-refractivity contribution in [1.29, 1.82) is 0 Å². The number of furan rings is 1. The van der Waals surface area contributed by atoms with Crippen molar-refractivity contribution in [2.75, 3.05) is 11.6 Å². The number of amidine groups is 1. The lowest BCUT2D eigenvalue weighted by molar-refractivity contribution is 0.482. The lowest BCUT2D eigenvalue weighted by atomic mass is 10.1. The number of aliphatic imine (C=N–C) groups is 1. The van der Waals surface area contributed by atoms with E-state index in [-0.39, 0.29) is 5.54 Å². The number of nitrogens with zero attached hydrogens (tertiary/aromatic N) is 2. The van der Waals surface area contributed by atoms with Crippen LogP contribution < -0.4 is 10.2 Å². The molecule has 2 fully saturated rings. The maximum absolute atomic E-state index is 6.00. The number of hydrogen-bond donors (Lipinski definition) is 1. The first kappa shape index (κ1) is 12.3. The highest BCUT2D eigenvalue weighted by Gasteiger charge is 2.40. The summed E-state index contributed by atoms with van der Waals surface area (Å²) in [5.74, 6) is 3.05. The second kappa shape index (κ2) is 4.27. The van der Waals surface area contributed by atoms with Crippen molar-refractivity contribution in [3.05, 3.63) is 17.4 Å². The van der Waals surface area contributed by atoms with Gasteiger partial charge in [-0.15, -0.1) is 0 Å². The average Bonchev–Trinajstić information content (AvgIpc) is 2.85. The minimum atomic E-state index is 0.261. The first-order chi connectivity index (χ1) is 9.65. The van der Waals surface area contributed by atoms with Gasteiger partial charge in [-0.25, -0.2) is 4.99 Å². The number of aryl methyl sites for hydroxylation is 1. The zero-order valence-corrected chi connectivity index (χ0v) is 12.4. The van der Waals surface area contributed by atoms with Crippen molar-refractivity contribution in [1.82, 2.24) is 5.32 Å². The summed E-state index contributed by atoms with van der Waals surface area (Å²) in [5, 5.41) is 3.61. The van der Waals surface area contributed by atoms with Crippen molar-refractivity contribution in [2.45, 2.75) is 64.0 Å². The van der Waals surface area contributed by atoms with Gasteiger partial charge in [-0.05, 0) is 45.6 Å². The minimum absolute atomic E-state index is 0.261. The molecule has 4 nitrogen and oxygen atoms in total. The molecule has 108 valence electrons. The van der Waals surface area contributed by atoms with Crippen LogP contribution in [0, 0.1) is 6.92 Å². The quantitative estimate of drug-likeness (QED) is 0.899. The third kappa shape index (κ3) is 2.02. The zero-order chi connectivity index (χ0) is 13.7. The van der Waals surface area contributed by atoms with Crippen LogP contribution in [0.3, 0.4) is 0 Å². The number of rotatable bonds is 2. The van der Waals surface area contributed by atoms with E-state index in [2.05, 4.69) is 23.2 Å². The molecule has 0 radical (unpaired) electrons. The smallest absolute Gasteiger partial charge is 0.208 e. The molecule has 0 amide bonds. The predicted octanol–water partition coefficient (Wildman–Crippen LogP) is 3.20. The molecule has 1 aliphatic heterocycles. The lowest BCUT2D eigenvalue weighted by Gasteiger charge is -2.32. The van der Waals surface area contributed by atoms with Gasteiger partial charge in [-0.3, -0.25) is 0 Å². The molecule has 1 aromatic rings. The zero-order valence-electron chi connectivity index (χ0n) is 12.4. The summed E-state index contributed by atoms with van der Waals surface area (Å²) in [5.41, 5.74) is 1.42. The fraction of sp³-hybridized carbons (Fsp3) is 0.688. The Morgan fingerprint density at radius 1 is 1.35 bits per heavy atom. The first-order valence-electron chi connectivity index (χ1n) is 7.85. The number of nitrogens with one attached hydrogen (secondary N) is 1. The molecule has 2 aliphatic carbocycles. The fourth-order valence-electron chi connectivity index (χ4n) is 3.38. The Morgan fingerprint density at radius 3 is 2.80 bits per heavy atom. The van der Waals surface area contributed by atoms with Gasteiger partial charge in [0.1, 0.15) is 18.3 Å². The topological polar surface area (TPSA) is 40.8 Å². The van der Waals surface area contributed by atoms with Crippen LogP contribution in [-0.4, -0.2) is 24.1 Å². The van der Waals surface area contributed by atoms with E-state index >= 15 is 0 Å². The molecule has 0 unspecified atom stereocenters. The SMILES string of the molecule is Cc1cc2c(o1)N(C1CCCC1)CN=C2NC1(C)CC1. The Labute approximate surface area is 120 Å². The molecule has 2 heterocycles. The standard InChI is InChI=1S/C16H23N3O/c1-11-9-13-14(18-16(2)7-8-16)17-10-19(15(13)20-11)12-5-3-4-6-12/h9,12H,3-8,10H2,1-2H3,(H,17,18). The average molecular weight is 273 g/mol. The second-order valence-corrected chi connectivity index (χ2v) is 6.82. The molecule has 0 bridgehead atoms. The molecule has 0 spiro atoms. The van der Waals surface area contributed by atoms with E-state index in [4.69, 9.17) is 9.41 Å². The van der Waals surface area contributed by atoms with Crippen LogP contribution in [-0.2, 0) is 0 Å². The maximum Gasteiger partial charge on any atom is 0.208 e. The molecule has 4 rings (SSSR count). The summed E-state index contributed by atoms with van der Waals surface area (Å²) in [6, 6.07) is 2.75. The van der Waals surface area contributed by atoms with Crippen LogP contribution in [0.15, 0.2) is 15.5 Å². The van der Waals surface area contributed by atoms with Gasteiger partial charge in [-0.1, -0.05) is 12.8 Å². The third-order valence-corrected chi connectivity index (χ3v) is 4.92. The molecule has 4 heteroatoms. The molecule has 20 heavy (non-hydrogen) atoms. The van der Waals surface area contributed by atoms with Crippen LogP contribution in [0.1, 0.15) is 56.8 Å². The van der Waals surface area contributed by atoms with Crippen LogP contribution in [0.2, 0.25) is 0 Å². The highest BCUT2D eigenvalue weighted by Crippen LogP contribution is 2.38. The number of fused-ring (bicyclic) bond motifs is 1. The maximum atomic E-state index is 6.00. The molecule has 3 aliphatic rings. The second-order valence-electron chi connectivity index (χ2n) is 6.82. The van der Waals surface area contributed by atoms with Crippen molar-refractivity contribution in [2.24, 2.45) is 4.99 Å². The molecule has 0 saturated heterocycles. The molecule has 1 N–H and O–H groups in total. The predicted molar refractivity (Wildman–Crippen MR) is 80.4 cm³/mol. The first-order valence-corrected chi connectivity index (χ1v) is 7.85. The van der Waals surface area contributed by atoms with Crippen LogP contribution in [0.4, 0.5) is 5.88 Å². The van der Waals surface area contributed by atoms with Crippen LogP contribution in [0.25, 0.3) is 0 Å². The molecule has 2 saturated carbocycles. The summed E-state index contributed by atoms with van der Waals surface area (Å²) in [6.45, 7) is 5.04. The monoisotopic (exact) mass is 273 g/mol. The van der Waals surface area contributed by atoms with E-state index in [1.165, 1.54) is 38.5 Å². The summed E-state index contributed by atoms with van der Waals surface area (Å²) in [4.78, 5) is 7.18. The summed E-state index contributed by atoms with van der Waals surface area (Å²) in [7, 11) is 0. The Morgan fingerprint density at radius 2 is 2.10 bits per heavy atom. The van der Waals surface area contributed by atoms with Gasteiger partial charge in [0, 0.05) is 11.6 Å². The van der Waals surface area contributed by atoms with Gasteiger partial charge >= 0.3 is 0 Å². The largest absolute Gasteiger partial charge is 0.445 e. The number of hydrogen-bond acceptors (Lipinski definition) is 4. The van der Waals surface area contributed by atoms with Gasteiger partial charge in [0.15, 0.2) is 0 Å². The van der Waals surface area contributed by atoms with Gasteiger partial charge < -0.3 is 14.6 Å². The van der Waals surface area contributed by atoms with Crippen molar-refractivity contribution in [3.63, 3.8) is 0 Å². The Hall–Kier alpha value is -1.45. The summed E-state index contributed by atoms with van der Waals surface area (Å²) < 4.78 is 6.00. The van der Waals surface area contributed by atoms with Gasteiger partial charge in [-0.2, -0.15) is 0 Å². The highest BCUT2D eigenvalue weighted by atomic mass is 16.4. The van der Waals surface area contributed by atoms with E-state index in [9.17, 15) is 0 Å². The third-order valence-electron chi connectivity index (χ3n) is 4.92. The normalized spacial score (nSPS) is 24.5. The van der Waals surface area contributed by atoms with E-state index in [0.29, 0.717) is 6.04 Å². The summed E-state index contributed by atoms with van der Waals surface area (Å²) >= 11 is 0. The minimum Gasteiger partial charge on any atom is -0.445 e. The van der Waals surface area contributed by atoms with Crippen molar-refractivity contribution in [3.8, 4) is 0 Å².